The summed E-state index contributed by atoms with van der Waals surface area (Å²) >= 11 is 0. The van der Waals surface area contributed by atoms with Gasteiger partial charge in [0.25, 0.3) is 0 Å². The molecule has 0 aromatic carbocycles. The molecule has 0 aromatic heterocycles. The molecule has 1 aliphatic heterocycles. The van der Waals surface area contributed by atoms with E-state index in [-0.39, 0.29) is 6.04 Å². The first-order valence-electron chi connectivity index (χ1n) is 3.41. The van der Waals surface area contributed by atoms with Crippen molar-refractivity contribution in [3.05, 3.63) is 0 Å². The first kappa shape index (κ1) is 7.50. The number of carboxylic acids is 1. The third-order valence-corrected chi connectivity index (χ3v) is 1.85. The molecule has 0 radical (unpaired) electrons. The second kappa shape index (κ2) is 2.98. The lowest BCUT2D eigenvalue weighted by atomic mass is 9.95. The second-order valence-corrected chi connectivity index (χ2v) is 2.60. The van der Waals surface area contributed by atoms with E-state index in [2.05, 4.69) is 5.32 Å². The number of piperidine rings is 1. The third kappa shape index (κ3) is 1.46. The van der Waals surface area contributed by atoms with E-state index in [4.69, 9.17) is 10.8 Å². The minimum Gasteiger partial charge on any atom is -0.481 e. The van der Waals surface area contributed by atoms with E-state index in [9.17, 15) is 4.79 Å². The number of nitrogens with two attached hydrogens (primary N) is 1. The predicted molar refractivity (Wildman–Crippen MR) is 36.6 cm³/mol. The van der Waals surface area contributed by atoms with Gasteiger partial charge in [-0.25, -0.2) is 0 Å². The molecular formula is C6H12N2O2. The maximum absolute atomic E-state index is 10.4. The Morgan fingerprint density at radius 1 is 1.70 bits per heavy atom. The summed E-state index contributed by atoms with van der Waals surface area (Å²) < 4.78 is 0. The fourth-order valence-corrected chi connectivity index (χ4v) is 1.15. The van der Waals surface area contributed by atoms with Crippen LogP contribution >= 0.6 is 0 Å². The Hall–Kier alpha value is -0.610. The van der Waals surface area contributed by atoms with Gasteiger partial charge >= 0.3 is 5.97 Å². The molecule has 1 fully saturated rings. The Morgan fingerprint density at radius 3 is 2.80 bits per heavy atom. The van der Waals surface area contributed by atoms with Gasteiger partial charge in [-0.05, 0) is 13.0 Å². The summed E-state index contributed by atoms with van der Waals surface area (Å²) in [4.78, 5) is 10.4. The van der Waals surface area contributed by atoms with E-state index in [0.29, 0.717) is 6.54 Å². The minimum atomic E-state index is -0.792. The van der Waals surface area contributed by atoms with Crippen molar-refractivity contribution in [1.82, 2.24) is 5.32 Å². The van der Waals surface area contributed by atoms with E-state index in [1.54, 1.807) is 0 Å². The SMILES string of the molecule is NC1CCNCC1C(=O)O. The molecule has 2 atom stereocenters. The molecule has 0 spiro atoms. The number of rotatable bonds is 1. The van der Waals surface area contributed by atoms with Crippen LogP contribution in [0.2, 0.25) is 0 Å². The van der Waals surface area contributed by atoms with E-state index >= 15 is 0 Å². The summed E-state index contributed by atoms with van der Waals surface area (Å²) in [6.07, 6.45) is 0.761. The highest BCUT2D eigenvalue weighted by molar-refractivity contribution is 5.71. The molecule has 4 heteroatoms. The first-order valence-corrected chi connectivity index (χ1v) is 3.41. The van der Waals surface area contributed by atoms with Gasteiger partial charge in [-0.3, -0.25) is 4.79 Å². The fourth-order valence-electron chi connectivity index (χ4n) is 1.15. The third-order valence-electron chi connectivity index (χ3n) is 1.85. The normalized spacial score (nSPS) is 33.7. The van der Waals surface area contributed by atoms with Crippen LogP contribution in [0, 0.1) is 5.92 Å². The average molecular weight is 144 g/mol. The topological polar surface area (TPSA) is 75.3 Å². The summed E-state index contributed by atoms with van der Waals surface area (Å²) in [7, 11) is 0. The maximum atomic E-state index is 10.4. The molecule has 0 amide bonds. The molecule has 0 saturated carbocycles. The highest BCUT2D eigenvalue weighted by Crippen LogP contribution is 2.08. The molecule has 0 bridgehead atoms. The first-order chi connectivity index (χ1) is 4.72. The van der Waals surface area contributed by atoms with Crippen molar-refractivity contribution in [2.75, 3.05) is 13.1 Å². The molecule has 1 heterocycles. The molecule has 1 rings (SSSR count). The van der Waals surface area contributed by atoms with Crippen molar-refractivity contribution >= 4 is 5.97 Å². The van der Waals surface area contributed by atoms with Gasteiger partial charge in [-0.1, -0.05) is 0 Å². The molecular weight excluding hydrogens is 132 g/mol. The zero-order valence-corrected chi connectivity index (χ0v) is 5.71. The molecule has 10 heavy (non-hydrogen) atoms. The number of hydrogen-bond donors (Lipinski definition) is 3. The molecule has 1 aliphatic rings. The zero-order valence-electron chi connectivity index (χ0n) is 5.71. The van der Waals surface area contributed by atoms with Gasteiger partial charge in [0, 0.05) is 12.6 Å². The monoisotopic (exact) mass is 144 g/mol. The van der Waals surface area contributed by atoms with Gasteiger partial charge < -0.3 is 16.2 Å². The van der Waals surface area contributed by atoms with Crippen LogP contribution in [0.25, 0.3) is 0 Å². The van der Waals surface area contributed by atoms with E-state index in [1.165, 1.54) is 0 Å². The molecule has 2 unspecified atom stereocenters. The Labute approximate surface area is 59.4 Å². The summed E-state index contributed by atoms with van der Waals surface area (Å²) in [5.41, 5.74) is 5.56. The van der Waals surface area contributed by atoms with Crippen molar-refractivity contribution in [1.29, 1.82) is 0 Å². The van der Waals surface area contributed by atoms with Crippen LogP contribution in [-0.4, -0.2) is 30.2 Å². The quantitative estimate of drug-likeness (QED) is 0.441. The lowest BCUT2D eigenvalue weighted by Crippen LogP contribution is -2.48. The van der Waals surface area contributed by atoms with E-state index in [1.807, 2.05) is 0 Å². The van der Waals surface area contributed by atoms with Crippen molar-refractivity contribution in [3.8, 4) is 0 Å². The Balaban J connectivity index is 2.47. The maximum Gasteiger partial charge on any atom is 0.309 e. The Kier molecular flexibility index (Phi) is 2.24. The summed E-state index contributed by atoms with van der Waals surface area (Å²) in [6, 6.07) is -0.168. The second-order valence-electron chi connectivity index (χ2n) is 2.60. The van der Waals surface area contributed by atoms with Gasteiger partial charge in [0.15, 0.2) is 0 Å². The number of nitrogens with one attached hydrogen (secondary N) is 1. The standard InChI is InChI=1S/C6H12N2O2/c7-5-1-2-8-3-4(5)6(9)10/h4-5,8H,1-3,7H2,(H,9,10). The average Bonchev–Trinajstić information content (AvgIpc) is 1.88. The Morgan fingerprint density at radius 2 is 2.40 bits per heavy atom. The van der Waals surface area contributed by atoms with Crippen molar-refractivity contribution < 1.29 is 9.90 Å². The molecule has 4 N–H and O–H groups in total. The highest BCUT2D eigenvalue weighted by Gasteiger charge is 2.27. The smallest absolute Gasteiger partial charge is 0.309 e. The van der Waals surface area contributed by atoms with Crippen LogP contribution in [0.5, 0.6) is 0 Å². The Bertz CT molecular complexity index is 138. The van der Waals surface area contributed by atoms with E-state index < -0.39 is 11.9 Å². The summed E-state index contributed by atoms with van der Waals surface area (Å²) in [6.45, 7) is 1.35. The van der Waals surface area contributed by atoms with Crippen molar-refractivity contribution in [3.63, 3.8) is 0 Å². The van der Waals surface area contributed by atoms with Crippen LogP contribution < -0.4 is 11.1 Å². The predicted octanol–water partition coefficient (Wildman–Crippen LogP) is -0.992. The van der Waals surface area contributed by atoms with Gasteiger partial charge in [-0.2, -0.15) is 0 Å². The van der Waals surface area contributed by atoms with Gasteiger partial charge in [0.2, 0.25) is 0 Å². The number of hydrogen-bond acceptors (Lipinski definition) is 3. The minimum absolute atomic E-state index is 0.168. The van der Waals surface area contributed by atoms with Crippen molar-refractivity contribution in [2.45, 2.75) is 12.5 Å². The van der Waals surface area contributed by atoms with Crippen LogP contribution in [0.3, 0.4) is 0 Å². The van der Waals surface area contributed by atoms with Gasteiger partial charge in [-0.15, -0.1) is 0 Å². The molecule has 1 saturated heterocycles. The molecule has 0 aliphatic carbocycles. The summed E-state index contributed by atoms with van der Waals surface area (Å²) in [5, 5.41) is 11.6. The van der Waals surface area contributed by atoms with Gasteiger partial charge in [0.1, 0.15) is 0 Å². The van der Waals surface area contributed by atoms with Crippen LogP contribution in [-0.2, 0) is 4.79 Å². The molecule has 58 valence electrons. The van der Waals surface area contributed by atoms with E-state index in [0.717, 1.165) is 13.0 Å². The van der Waals surface area contributed by atoms with Crippen LogP contribution in [0.15, 0.2) is 0 Å². The molecule has 4 nitrogen and oxygen atoms in total. The number of carbonyl (C=O) groups is 1. The van der Waals surface area contributed by atoms with Crippen LogP contribution in [0.4, 0.5) is 0 Å². The number of aliphatic carboxylic acids is 1. The van der Waals surface area contributed by atoms with Crippen LogP contribution in [0.1, 0.15) is 6.42 Å². The lowest BCUT2D eigenvalue weighted by Gasteiger charge is -2.25. The van der Waals surface area contributed by atoms with Gasteiger partial charge in [0.05, 0.1) is 5.92 Å². The largest absolute Gasteiger partial charge is 0.481 e. The highest BCUT2D eigenvalue weighted by atomic mass is 16.4. The number of carboxylic acid groups (broad SMARTS) is 1. The fraction of sp³-hybridized carbons (Fsp3) is 0.833. The lowest BCUT2D eigenvalue weighted by molar-refractivity contribution is -0.142. The zero-order chi connectivity index (χ0) is 7.56. The van der Waals surface area contributed by atoms with Crippen molar-refractivity contribution in [2.24, 2.45) is 11.7 Å². The summed E-state index contributed by atoms with van der Waals surface area (Å²) in [5.74, 6) is -1.19. The molecule has 0 aromatic rings.